The van der Waals surface area contributed by atoms with E-state index in [1.165, 1.54) is 12.8 Å². The number of nitrogens with zero attached hydrogens (tertiary/aromatic N) is 1. The van der Waals surface area contributed by atoms with E-state index >= 15 is 0 Å². The third-order valence-electron chi connectivity index (χ3n) is 3.59. The molecule has 1 heterocycles. The quantitative estimate of drug-likeness (QED) is 0.727. The van der Waals surface area contributed by atoms with E-state index in [0.29, 0.717) is 19.0 Å². The molecule has 96 valence electrons. The van der Waals surface area contributed by atoms with E-state index in [-0.39, 0.29) is 24.4 Å². The van der Waals surface area contributed by atoms with Gasteiger partial charge in [-0.2, -0.15) is 0 Å². The van der Waals surface area contributed by atoms with E-state index < -0.39 is 0 Å². The minimum atomic E-state index is -0.0423. The molecular weight excluding hydrogens is 218 g/mol. The van der Waals surface area contributed by atoms with E-state index in [0.717, 1.165) is 19.3 Å². The summed E-state index contributed by atoms with van der Waals surface area (Å²) in [6.07, 6.45) is 5.73. The maximum absolute atomic E-state index is 11.8. The zero-order valence-electron chi connectivity index (χ0n) is 10.2. The molecule has 2 fully saturated rings. The Balaban J connectivity index is 1.78. The molecule has 2 aliphatic rings. The fourth-order valence-electron chi connectivity index (χ4n) is 2.61. The van der Waals surface area contributed by atoms with Crippen molar-refractivity contribution in [3.63, 3.8) is 0 Å². The Kier molecular flexibility index (Phi) is 3.99. The normalized spacial score (nSPS) is 26.3. The molecule has 0 bridgehead atoms. The average molecular weight is 239 g/mol. The fraction of sp³-hybridized carbons (Fsp3) is 0.833. The van der Waals surface area contributed by atoms with Gasteiger partial charge in [0.05, 0.1) is 6.54 Å². The number of nitrogens with one attached hydrogen (secondary N) is 1. The summed E-state index contributed by atoms with van der Waals surface area (Å²) in [4.78, 5) is 25.0. The number of rotatable bonds is 3. The van der Waals surface area contributed by atoms with Crippen LogP contribution in [0.25, 0.3) is 0 Å². The first-order valence-electron chi connectivity index (χ1n) is 6.48. The van der Waals surface area contributed by atoms with Crippen LogP contribution < -0.4 is 11.1 Å². The lowest BCUT2D eigenvalue weighted by Crippen LogP contribution is -2.50. The number of likely N-dealkylation sites (tertiary alicyclic amines) is 1. The first kappa shape index (κ1) is 12.4. The number of hydrogen-bond acceptors (Lipinski definition) is 3. The van der Waals surface area contributed by atoms with Gasteiger partial charge in [0, 0.05) is 25.0 Å². The van der Waals surface area contributed by atoms with Crippen LogP contribution in [-0.4, -0.2) is 41.9 Å². The molecule has 1 saturated heterocycles. The lowest BCUT2D eigenvalue weighted by atomic mass is 10.1. The number of piperidine rings is 1. The van der Waals surface area contributed by atoms with Gasteiger partial charge in [-0.15, -0.1) is 0 Å². The molecule has 1 atom stereocenters. The average Bonchev–Trinajstić information content (AvgIpc) is 2.76. The molecule has 1 unspecified atom stereocenters. The van der Waals surface area contributed by atoms with E-state index in [2.05, 4.69) is 5.32 Å². The minimum absolute atomic E-state index is 0.0204. The van der Waals surface area contributed by atoms with Crippen LogP contribution in [0.3, 0.4) is 0 Å². The molecule has 0 aromatic carbocycles. The van der Waals surface area contributed by atoms with Crippen molar-refractivity contribution in [2.45, 2.75) is 50.6 Å². The van der Waals surface area contributed by atoms with Gasteiger partial charge in [0.2, 0.25) is 11.8 Å². The highest BCUT2D eigenvalue weighted by Gasteiger charge is 2.26. The summed E-state index contributed by atoms with van der Waals surface area (Å²) in [6, 6.07) is 0.336. The molecule has 1 aliphatic heterocycles. The zero-order chi connectivity index (χ0) is 12.3. The molecule has 5 heteroatoms. The van der Waals surface area contributed by atoms with Gasteiger partial charge in [-0.1, -0.05) is 12.8 Å². The van der Waals surface area contributed by atoms with Crippen LogP contribution >= 0.6 is 0 Å². The molecule has 1 saturated carbocycles. The van der Waals surface area contributed by atoms with Crippen LogP contribution in [-0.2, 0) is 9.59 Å². The second-order valence-electron chi connectivity index (χ2n) is 5.12. The molecule has 1 aliphatic carbocycles. The highest BCUT2D eigenvalue weighted by Crippen LogP contribution is 2.17. The molecular formula is C12H21N3O2. The largest absolute Gasteiger partial charge is 0.352 e. The minimum Gasteiger partial charge on any atom is -0.352 e. The number of carbonyl (C=O) groups is 2. The predicted molar refractivity (Wildman–Crippen MR) is 64.2 cm³/mol. The van der Waals surface area contributed by atoms with E-state index in [9.17, 15) is 9.59 Å². The highest BCUT2D eigenvalue weighted by atomic mass is 16.2. The molecule has 0 radical (unpaired) electrons. The van der Waals surface area contributed by atoms with Gasteiger partial charge < -0.3 is 16.0 Å². The Bertz CT molecular complexity index is 300. The van der Waals surface area contributed by atoms with Crippen molar-refractivity contribution in [3.05, 3.63) is 0 Å². The van der Waals surface area contributed by atoms with Gasteiger partial charge in [0.15, 0.2) is 0 Å². The number of hydrogen-bond donors (Lipinski definition) is 2. The Labute approximate surface area is 102 Å². The van der Waals surface area contributed by atoms with Crippen molar-refractivity contribution in [1.82, 2.24) is 10.2 Å². The maximum Gasteiger partial charge on any atom is 0.239 e. The monoisotopic (exact) mass is 239 g/mol. The summed E-state index contributed by atoms with van der Waals surface area (Å²) in [5, 5.41) is 2.99. The van der Waals surface area contributed by atoms with Gasteiger partial charge in [-0.25, -0.2) is 0 Å². The summed E-state index contributed by atoms with van der Waals surface area (Å²) >= 11 is 0. The van der Waals surface area contributed by atoms with Crippen LogP contribution in [0.15, 0.2) is 0 Å². The Morgan fingerprint density at radius 1 is 1.35 bits per heavy atom. The smallest absolute Gasteiger partial charge is 0.239 e. The molecule has 3 N–H and O–H groups in total. The SMILES string of the molecule is NC1CCC(=O)N(CC(=O)NC2CCCC2)C1. The summed E-state index contributed by atoms with van der Waals surface area (Å²) in [5.41, 5.74) is 5.80. The first-order chi connectivity index (χ1) is 8.15. The second kappa shape index (κ2) is 5.49. The van der Waals surface area contributed by atoms with Gasteiger partial charge in [0.25, 0.3) is 0 Å². The molecule has 0 aromatic rings. The van der Waals surface area contributed by atoms with Crippen LogP contribution in [0.2, 0.25) is 0 Å². The maximum atomic E-state index is 11.8. The Morgan fingerprint density at radius 3 is 2.76 bits per heavy atom. The van der Waals surface area contributed by atoms with Crippen LogP contribution in [0, 0.1) is 0 Å². The van der Waals surface area contributed by atoms with Crippen LogP contribution in [0.4, 0.5) is 0 Å². The molecule has 0 spiro atoms. The number of nitrogens with two attached hydrogens (primary N) is 1. The number of amides is 2. The Morgan fingerprint density at radius 2 is 2.06 bits per heavy atom. The second-order valence-corrected chi connectivity index (χ2v) is 5.12. The molecule has 0 aromatic heterocycles. The van der Waals surface area contributed by atoms with Gasteiger partial charge >= 0.3 is 0 Å². The van der Waals surface area contributed by atoms with Crippen LogP contribution in [0.5, 0.6) is 0 Å². The van der Waals surface area contributed by atoms with Crippen molar-refractivity contribution in [2.24, 2.45) is 5.73 Å². The van der Waals surface area contributed by atoms with Crippen molar-refractivity contribution >= 4 is 11.8 Å². The molecule has 17 heavy (non-hydrogen) atoms. The van der Waals surface area contributed by atoms with Crippen molar-refractivity contribution in [2.75, 3.05) is 13.1 Å². The number of carbonyl (C=O) groups excluding carboxylic acids is 2. The lowest BCUT2D eigenvalue weighted by Gasteiger charge is -2.30. The summed E-state index contributed by atoms with van der Waals surface area (Å²) in [5.74, 6) is 0.00706. The fourth-order valence-corrected chi connectivity index (χ4v) is 2.61. The van der Waals surface area contributed by atoms with Gasteiger partial charge in [-0.3, -0.25) is 9.59 Å². The summed E-state index contributed by atoms with van der Waals surface area (Å²) in [7, 11) is 0. The lowest BCUT2D eigenvalue weighted by molar-refractivity contribution is -0.138. The topological polar surface area (TPSA) is 75.4 Å². The first-order valence-corrected chi connectivity index (χ1v) is 6.48. The molecule has 5 nitrogen and oxygen atoms in total. The standard InChI is InChI=1S/C12H21N3O2/c13-9-5-6-12(17)15(7-9)8-11(16)14-10-3-1-2-4-10/h9-10H,1-8,13H2,(H,14,16). The van der Waals surface area contributed by atoms with E-state index in [1.54, 1.807) is 4.90 Å². The third-order valence-corrected chi connectivity index (χ3v) is 3.59. The Hall–Kier alpha value is -1.10. The van der Waals surface area contributed by atoms with E-state index in [4.69, 9.17) is 5.73 Å². The van der Waals surface area contributed by atoms with Gasteiger partial charge in [0.1, 0.15) is 0 Å². The van der Waals surface area contributed by atoms with Crippen LogP contribution in [0.1, 0.15) is 38.5 Å². The van der Waals surface area contributed by atoms with Crippen molar-refractivity contribution in [1.29, 1.82) is 0 Å². The zero-order valence-corrected chi connectivity index (χ0v) is 10.2. The predicted octanol–water partition coefficient (Wildman–Crippen LogP) is -0.00510. The van der Waals surface area contributed by atoms with Crippen molar-refractivity contribution < 1.29 is 9.59 Å². The summed E-state index contributed by atoms with van der Waals surface area (Å²) in [6.45, 7) is 0.681. The van der Waals surface area contributed by atoms with E-state index in [1.807, 2.05) is 0 Å². The summed E-state index contributed by atoms with van der Waals surface area (Å²) < 4.78 is 0. The molecule has 2 amide bonds. The van der Waals surface area contributed by atoms with Gasteiger partial charge in [-0.05, 0) is 19.3 Å². The van der Waals surface area contributed by atoms with Crippen molar-refractivity contribution in [3.8, 4) is 0 Å². The third kappa shape index (κ3) is 3.43. The molecule has 2 rings (SSSR count). The highest BCUT2D eigenvalue weighted by molar-refractivity contribution is 5.85.